The number of nitriles is 1. The largest absolute Gasteiger partial charge is 0.496 e. The molecule has 0 heterocycles. The fourth-order valence-corrected chi connectivity index (χ4v) is 3.58. The second-order valence-electron chi connectivity index (χ2n) is 7.92. The highest BCUT2D eigenvalue weighted by atomic mass is 16.5. The number of amides is 1. The number of nitrogens with one attached hydrogen (secondary N) is 1. The van der Waals surface area contributed by atoms with E-state index in [2.05, 4.69) is 22.7 Å². The van der Waals surface area contributed by atoms with Crippen molar-refractivity contribution < 1.29 is 19.0 Å². The molecule has 3 aromatic rings. The molecular weight excluding hydrogens is 442 g/mol. The van der Waals surface area contributed by atoms with Crippen LogP contribution in [0, 0.1) is 18.3 Å². The number of benzene rings is 3. The van der Waals surface area contributed by atoms with Crippen molar-refractivity contribution in [1.29, 1.82) is 5.26 Å². The van der Waals surface area contributed by atoms with Crippen LogP contribution >= 0.6 is 0 Å². The fraction of sp³-hybridized carbons (Fsp3) is 0.250. The fourth-order valence-electron chi connectivity index (χ4n) is 3.58. The molecule has 0 saturated heterocycles. The van der Waals surface area contributed by atoms with Crippen molar-refractivity contribution in [2.75, 3.05) is 14.2 Å². The monoisotopic (exact) mass is 471 g/mol. The maximum Gasteiger partial charge on any atom is 0.240 e. The molecule has 7 nitrogen and oxygen atoms in total. The number of carbonyl (C=O) groups excluding carboxylic acids is 1. The smallest absolute Gasteiger partial charge is 0.240 e. The van der Waals surface area contributed by atoms with Gasteiger partial charge in [-0.15, -0.1) is 0 Å². The Hall–Kier alpha value is -4.31. The van der Waals surface area contributed by atoms with Crippen LogP contribution in [0.5, 0.6) is 17.2 Å². The van der Waals surface area contributed by atoms with E-state index in [9.17, 15) is 10.1 Å². The molecule has 1 N–H and O–H groups in total. The van der Waals surface area contributed by atoms with Crippen molar-refractivity contribution in [2.45, 2.75) is 32.8 Å². The molecule has 0 radical (unpaired) electrons. The van der Waals surface area contributed by atoms with E-state index in [0.717, 1.165) is 35.3 Å². The van der Waals surface area contributed by atoms with Crippen molar-refractivity contribution >= 4 is 12.1 Å². The summed E-state index contributed by atoms with van der Waals surface area (Å²) >= 11 is 0. The zero-order valence-electron chi connectivity index (χ0n) is 20.2. The first-order valence-corrected chi connectivity index (χ1v) is 11.3. The lowest BCUT2D eigenvalue weighted by atomic mass is 10.1. The number of nitrogens with zero attached hydrogens (tertiary/aromatic N) is 2. The molecule has 35 heavy (non-hydrogen) atoms. The van der Waals surface area contributed by atoms with Gasteiger partial charge in [0, 0.05) is 12.0 Å². The third-order valence-electron chi connectivity index (χ3n) is 5.44. The number of hydrogen-bond donors (Lipinski definition) is 1. The number of ether oxygens (including phenoxy) is 3. The molecule has 0 aliphatic carbocycles. The van der Waals surface area contributed by atoms with E-state index in [4.69, 9.17) is 14.2 Å². The van der Waals surface area contributed by atoms with Crippen molar-refractivity contribution in [3.8, 4) is 23.3 Å². The second-order valence-corrected chi connectivity index (χ2v) is 7.92. The predicted octanol–water partition coefficient (Wildman–Crippen LogP) is 4.94. The summed E-state index contributed by atoms with van der Waals surface area (Å²) in [6.07, 6.45) is 3.46. The van der Waals surface area contributed by atoms with Gasteiger partial charge < -0.3 is 14.2 Å². The average molecular weight is 472 g/mol. The van der Waals surface area contributed by atoms with Crippen LogP contribution in [0.25, 0.3) is 0 Å². The molecule has 0 fully saturated rings. The topological polar surface area (TPSA) is 92.9 Å². The van der Waals surface area contributed by atoms with Gasteiger partial charge in [0.1, 0.15) is 12.4 Å². The first kappa shape index (κ1) is 25.3. The summed E-state index contributed by atoms with van der Waals surface area (Å²) in [4.78, 5) is 12.1. The molecule has 0 aliphatic rings. The van der Waals surface area contributed by atoms with Crippen LogP contribution in [0.1, 0.15) is 40.7 Å². The minimum absolute atomic E-state index is 0.144. The van der Waals surface area contributed by atoms with Gasteiger partial charge in [-0.3, -0.25) is 4.79 Å². The normalized spacial score (nSPS) is 10.6. The molecule has 3 rings (SSSR count). The molecular formula is C28H29N3O4. The van der Waals surface area contributed by atoms with E-state index in [1.165, 1.54) is 5.56 Å². The van der Waals surface area contributed by atoms with Crippen LogP contribution in [0.2, 0.25) is 0 Å². The van der Waals surface area contributed by atoms with Gasteiger partial charge in [-0.05, 0) is 66.8 Å². The van der Waals surface area contributed by atoms with Gasteiger partial charge >= 0.3 is 0 Å². The number of aryl methyl sites for hydroxylation is 2. The first-order chi connectivity index (χ1) is 17.0. The number of rotatable bonds is 11. The van der Waals surface area contributed by atoms with Gasteiger partial charge in [0.05, 0.1) is 32.1 Å². The van der Waals surface area contributed by atoms with Crippen molar-refractivity contribution in [1.82, 2.24) is 5.43 Å². The molecule has 0 saturated carbocycles. The molecule has 0 aromatic heterocycles. The van der Waals surface area contributed by atoms with E-state index in [1.807, 2.05) is 43.3 Å². The van der Waals surface area contributed by atoms with Crippen molar-refractivity contribution in [3.63, 3.8) is 0 Å². The number of hydrazone groups is 1. The molecule has 0 spiro atoms. The van der Waals surface area contributed by atoms with Crippen molar-refractivity contribution in [3.05, 3.63) is 88.5 Å². The Labute approximate surface area is 206 Å². The Kier molecular flexibility index (Phi) is 9.26. The molecule has 180 valence electrons. The first-order valence-electron chi connectivity index (χ1n) is 11.3. The molecule has 0 atom stereocenters. The summed E-state index contributed by atoms with van der Waals surface area (Å²) in [7, 11) is 3.21. The SMILES string of the molecule is COc1ccc(CCCC(=O)N/N=C/c2ccc(OCc3ccccc3C#N)c(OC)c2)cc1C. The summed E-state index contributed by atoms with van der Waals surface area (Å²) in [5.74, 6) is 1.80. The van der Waals surface area contributed by atoms with Crippen LogP contribution in [0.15, 0.2) is 65.8 Å². The zero-order chi connectivity index (χ0) is 25.0. The standard InChI is InChI=1S/C28H29N3O4/c1-20-15-21(11-13-25(20)33-2)7-6-10-28(32)31-30-18-22-12-14-26(27(16-22)34-3)35-19-24-9-5-4-8-23(24)17-29/h4-5,8-9,11-16,18H,6-7,10,19H2,1-3H3,(H,31,32)/b30-18+. The molecule has 3 aromatic carbocycles. The molecule has 1 amide bonds. The Morgan fingerprint density at radius 3 is 2.54 bits per heavy atom. The molecule has 0 aliphatic heterocycles. The summed E-state index contributed by atoms with van der Waals surface area (Å²) in [6, 6.07) is 20.9. The van der Waals surface area contributed by atoms with Gasteiger partial charge in [0.2, 0.25) is 5.91 Å². The van der Waals surface area contributed by atoms with Crippen LogP contribution in [0.4, 0.5) is 0 Å². The van der Waals surface area contributed by atoms with Gasteiger partial charge in [-0.1, -0.05) is 30.3 Å². The Balaban J connectivity index is 1.49. The Morgan fingerprint density at radius 1 is 1.03 bits per heavy atom. The third kappa shape index (κ3) is 7.34. The molecule has 0 bridgehead atoms. The van der Waals surface area contributed by atoms with Crippen LogP contribution in [-0.4, -0.2) is 26.3 Å². The average Bonchev–Trinajstić information content (AvgIpc) is 2.88. The minimum atomic E-state index is -0.144. The Morgan fingerprint density at radius 2 is 1.80 bits per heavy atom. The van der Waals surface area contributed by atoms with E-state index >= 15 is 0 Å². The minimum Gasteiger partial charge on any atom is -0.496 e. The molecule has 7 heteroatoms. The van der Waals surface area contributed by atoms with Crippen molar-refractivity contribution in [2.24, 2.45) is 5.10 Å². The quantitative estimate of drug-likeness (QED) is 0.316. The highest BCUT2D eigenvalue weighted by molar-refractivity contribution is 5.83. The lowest BCUT2D eigenvalue weighted by Crippen LogP contribution is -2.17. The zero-order valence-corrected chi connectivity index (χ0v) is 20.2. The predicted molar refractivity (Wildman–Crippen MR) is 135 cm³/mol. The van der Waals surface area contributed by atoms with E-state index in [-0.39, 0.29) is 12.5 Å². The lowest BCUT2D eigenvalue weighted by Gasteiger charge is -2.12. The van der Waals surface area contributed by atoms with E-state index < -0.39 is 0 Å². The number of methoxy groups -OCH3 is 2. The van der Waals surface area contributed by atoms with Crippen LogP contribution in [0.3, 0.4) is 0 Å². The van der Waals surface area contributed by atoms with E-state index in [0.29, 0.717) is 23.5 Å². The van der Waals surface area contributed by atoms with E-state index in [1.54, 1.807) is 38.6 Å². The summed E-state index contributed by atoms with van der Waals surface area (Å²) in [5, 5.41) is 13.3. The van der Waals surface area contributed by atoms with Crippen LogP contribution < -0.4 is 19.6 Å². The highest BCUT2D eigenvalue weighted by Crippen LogP contribution is 2.28. The second kappa shape index (κ2) is 12.8. The maximum atomic E-state index is 12.1. The Bertz CT molecular complexity index is 1230. The lowest BCUT2D eigenvalue weighted by molar-refractivity contribution is -0.121. The summed E-state index contributed by atoms with van der Waals surface area (Å²) in [5.41, 5.74) is 6.94. The summed E-state index contributed by atoms with van der Waals surface area (Å²) in [6.45, 7) is 2.25. The van der Waals surface area contributed by atoms with Gasteiger partial charge in [0.15, 0.2) is 11.5 Å². The highest BCUT2D eigenvalue weighted by Gasteiger charge is 2.08. The van der Waals surface area contributed by atoms with Gasteiger partial charge in [-0.25, -0.2) is 5.43 Å². The number of hydrogen-bond acceptors (Lipinski definition) is 6. The van der Waals surface area contributed by atoms with Gasteiger partial charge in [0.25, 0.3) is 0 Å². The number of carbonyl (C=O) groups is 1. The summed E-state index contributed by atoms with van der Waals surface area (Å²) < 4.78 is 16.6. The van der Waals surface area contributed by atoms with Crippen LogP contribution in [-0.2, 0) is 17.8 Å². The van der Waals surface area contributed by atoms with Gasteiger partial charge in [-0.2, -0.15) is 10.4 Å². The maximum absolute atomic E-state index is 12.1. The third-order valence-corrected chi connectivity index (χ3v) is 5.44. The molecule has 0 unspecified atom stereocenters.